The molecule has 0 saturated heterocycles. The number of nitrogens with one attached hydrogen (secondary N) is 1. The third kappa shape index (κ3) is 3.24. The number of para-hydroxylation sites is 1. The van der Waals surface area contributed by atoms with Gasteiger partial charge in [-0.15, -0.1) is 0 Å². The van der Waals surface area contributed by atoms with Crippen molar-refractivity contribution in [2.24, 2.45) is 0 Å². The molecule has 1 N–H and O–H groups in total. The van der Waals surface area contributed by atoms with Gasteiger partial charge in [-0.05, 0) is 24.3 Å². The van der Waals surface area contributed by atoms with E-state index in [0.29, 0.717) is 11.3 Å². The van der Waals surface area contributed by atoms with E-state index < -0.39 is 18.2 Å². The van der Waals surface area contributed by atoms with Crippen LogP contribution in [0.15, 0.2) is 48.7 Å². The van der Waals surface area contributed by atoms with Crippen LogP contribution in [0.5, 0.6) is 5.75 Å². The van der Waals surface area contributed by atoms with Crippen molar-refractivity contribution in [2.45, 2.75) is 13.2 Å². The van der Waals surface area contributed by atoms with E-state index in [1.807, 2.05) is 0 Å². The summed E-state index contributed by atoms with van der Waals surface area (Å²) < 4.78 is 57.1. The minimum Gasteiger partial charge on any atom is -0.434 e. The molecule has 0 aliphatic rings. The normalized spacial score (nSPS) is 11.0. The highest BCUT2D eigenvalue weighted by molar-refractivity contribution is 5.91. The Morgan fingerprint density at radius 2 is 1.75 bits per heavy atom. The zero-order valence-corrected chi connectivity index (χ0v) is 12.3. The zero-order chi connectivity index (χ0) is 17.1. The summed E-state index contributed by atoms with van der Waals surface area (Å²) in [5, 5.41) is 2.92. The van der Waals surface area contributed by atoms with Crippen LogP contribution in [0.4, 0.5) is 23.2 Å². The average molecular weight is 336 g/mol. The van der Waals surface area contributed by atoms with Crippen molar-refractivity contribution in [3.63, 3.8) is 0 Å². The van der Waals surface area contributed by atoms with Gasteiger partial charge in [0.1, 0.15) is 22.9 Å². The fourth-order valence-electron chi connectivity index (χ4n) is 2.39. The van der Waals surface area contributed by atoms with Gasteiger partial charge in [-0.1, -0.05) is 18.2 Å². The summed E-state index contributed by atoms with van der Waals surface area (Å²) in [6.07, 6.45) is 1.34. The number of aromatic nitrogens is 1. The molecular weight excluding hydrogens is 324 g/mol. The first-order valence-electron chi connectivity index (χ1n) is 7.05. The summed E-state index contributed by atoms with van der Waals surface area (Å²) >= 11 is 0. The first-order valence-corrected chi connectivity index (χ1v) is 7.05. The Balaban J connectivity index is 1.91. The Labute approximate surface area is 134 Å². The second-order valence-electron chi connectivity index (χ2n) is 4.95. The quantitative estimate of drug-likeness (QED) is 0.684. The maximum absolute atomic E-state index is 14.0. The van der Waals surface area contributed by atoms with E-state index in [9.17, 15) is 17.6 Å². The molecule has 1 aromatic heterocycles. The van der Waals surface area contributed by atoms with Gasteiger partial charge in [-0.2, -0.15) is 8.78 Å². The molecule has 0 unspecified atom stereocenters. The first-order chi connectivity index (χ1) is 11.6. The number of rotatable bonds is 5. The lowest BCUT2D eigenvalue weighted by molar-refractivity contribution is -0.0504. The molecule has 0 saturated carbocycles. The average Bonchev–Trinajstić information content (AvgIpc) is 2.57. The molecule has 7 heteroatoms. The summed E-state index contributed by atoms with van der Waals surface area (Å²) in [7, 11) is 0. The molecule has 3 rings (SSSR count). The molecule has 3 aromatic rings. The van der Waals surface area contributed by atoms with Crippen LogP contribution in [0.25, 0.3) is 10.9 Å². The van der Waals surface area contributed by atoms with Crippen LogP contribution in [0.3, 0.4) is 0 Å². The molecule has 0 bridgehead atoms. The first kappa shape index (κ1) is 16.0. The van der Waals surface area contributed by atoms with E-state index >= 15 is 0 Å². The minimum atomic E-state index is -2.94. The van der Waals surface area contributed by atoms with Crippen LogP contribution in [0, 0.1) is 11.6 Å². The lowest BCUT2D eigenvalue weighted by Gasteiger charge is -2.13. The van der Waals surface area contributed by atoms with Crippen LogP contribution in [-0.2, 0) is 6.54 Å². The van der Waals surface area contributed by atoms with Crippen molar-refractivity contribution in [2.75, 3.05) is 5.32 Å². The van der Waals surface area contributed by atoms with Gasteiger partial charge in [0.2, 0.25) is 0 Å². The molecule has 0 radical (unpaired) electrons. The van der Waals surface area contributed by atoms with Gasteiger partial charge in [0.25, 0.3) is 0 Å². The van der Waals surface area contributed by atoms with Gasteiger partial charge in [0, 0.05) is 24.0 Å². The van der Waals surface area contributed by atoms with E-state index in [2.05, 4.69) is 15.0 Å². The van der Waals surface area contributed by atoms with Crippen molar-refractivity contribution in [3.8, 4) is 5.75 Å². The number of benzene rings is 2. The van der Waals surface area contributed by atoms with Crippen LogP contribution >= 0.6 is 0 Å². The lowest BCUT2D eigenvalue weighted by Crippen LogP contribution is -2.07. The molecule has 0 spiro atoms. The molecule has 0 aliphatic carbocycles. The summed E-state index contributed by atoms with van der Waals surface area (Å²) in [6.45, 7) is -2.85. The third-order valence-electron chi connectivity index (χ3n) is 3.45. The summed E-state index contributed by atoms with van der Waals surface area (Å²) in [4.78, 5) is 3.84. The molecule has 0 amide bonds. The second kappa shape index (κ2) is 6.74. The Kier molecular flexibility index (Phi) is 4.50. The number of hydrogen-bond acceptors (Lipinski definition) is 3. The molecule has 0 aliphatic heterocycles. The van der Waals surface area contributed by atoms with Crippen LogP contribution in [-0.4, -0.2) is 11.6 Å². The van der Waals surface area contributed by atoms with Gasteiger partial charge in [0.15, 0.2) is 0 Å². The van der Waals surface area contributed by atoms with Crippen molar-refractivity contribution in [3.05, 3.63) is 65.9 Å². The van der Waals surface area contributed by atoms with Crippen molar-refractivity contribution in [1.82, 2.24) is 4.98 Å². The zero-order valence-electron chi connectivity index (χ0n) is 12.3. The monoisotopic (exact) mass is 336 g/mol. The molecule has 3 nitrogen and oxygen atoms in total. The molecule has 24 heavy (non-hydrogen) atoms. The summed E-state index contributed by atoms with van der Waals surface area (Å²) in [5.74, 6) is -1.25. The Morgan fingerprint density at radius 1 is 1.00 bits per heavy atom. The third-order valence-corrected chi connectivity index (χ3v) is 3.45. The van der Waals surface area contributed by atoms with Gasteiger partial charge in [0.05, 0.1) is 5.39 Å². The van der Waals surface area contributed by atoms with E-state index in [4.69, 9.17) is 0 Å². The van der Waals surface area contributed by atoms with Crippen molar-refractivity contribution in [1.29, 1.82) is 0 Å². The number of ether oxygens (including phenoxy) is 1. The molecule has 124 valence electrons. The number of pyridine rings is 1. The van der Waals surface area contributed by atoms with Gasteiger partial charge in [-0.25, -0.2) is 8.78 Å². The highest BCUT2D eigenvalue weighted by Gasteiger charge is 2.13. The number of nitrogens with zero attached hydrogens (tertiary/aromatic N) is 1. The summed E-state index contributed by atoms with van der Waals surface area (Å²) in [5.41, 5.74) is 0.667. The predicted molar refractivity (Wildman–Crippen MR) is 82.1 cm³/mol. The highest BCUT2D eigenvalue weighted by Crippen LogP contribution is 2.28. The number of fused-ring (bicyclic) bond motifs is 1. The SMILES string of the molecule is Fc1ccc(F)c2c(NCc3ccccc3OC(F)F)ccnc12. The topological polar surface area (TPSA) is 34.1 Å². The molecule has 0 atom stereocenters. The maximum atomic E-state index is 14.0. The van der Waals surface area contributed by atoms with Crippen molar-refractivity contribution >= 4 is 16.6 Å². The summed E-state index contributed by atoms with van der Waals surface area (Å²) in [6, 6.07) is 9.75. The Bertz CT molecular complexity index is 870. The van der Waals surface area contributed by atoms with Gasteiger partial charge in [-0.3, -0.25) is 4.98 Å². The Morgan fingerprint density at radius 3 is 2.54 bits per heavy atom. The fourth-order valence-corrected chi connectivity index (χ4v) is 2.39. The maximum Gasteiger partial charge on any atom is 0.387 e. The number of alkyl halides is 2. The van der Waals surface area contributed by atoms with E-state index in [1.54, 1.807) is 18.2 Å². The van der Waals surface area contributed by atoms with E-state index in [1.165, 1.54) is 18.3 Å². The van der Waals surface area contributed by atoms with Crippen LogP contribution < -0.4 is 10.1 Å². The lowest BCUT2D eigenvalue weighted by atomic mass is 10.1. The minimum absolute atomic E-state index is 0.00441. The van der Waals surface area contributed by atoms with Gasteiger partial charge < -0.3 is 10.1 Å². The Hall–Kier alpha value is -2.83. The van der Waals surface area contributed by atoms with Gasteiger partial charge >= 0.3 is 6.61 Å². The number of hydrogen-bond donors (Lipinski definition) is 1. The fraction of sp³-hybridized carbons (Fsp3) is 0.118. The highest BCUT2D eigenvalue weighted by atomic mass is 19.3. The largest absolute Gasteiger partial charge is 0.434 e. The molecule has 1 heterocycles. The van der Waals surface area contributed by atoms with E-state index in [-0.39, 0.29) is 23.2 Å². The second-order valence-corrected chi connectivity index (χ2v) is 4.95. The van der Waals surface area contributed by atoms with E-state index in [0.717, 1.165) is 12.1 Å². The van der Waals surface area contributed by atoms with Crippen LogP contribution in [0.1, 0.15) is 5.56 Å². The predicted octanol–water partition coefficient (Wildman–Crippen LogP) is 4.73. The molecule has 2 aromatic carbocycles. The molecular formula is C17H12F4N2O. The van der Waals surface area contributed by atoms with Crippen molar-refractivity contribution < 1.29 is 22.3 Å². The smallest absolute Gasteiger partial charge is 0.387 e. The standard InChI is InChI=1S/C17H12F4N2O/c18-11-5-6-12(19)16-15(11)13(7-8-22-16)23-9-10-3-1-2-4-14(10)24-17(20)21/h1-8,17H,9H2,(H,22,23). The number of anilines is 1. The molecule has 0 fully saturated rings. The number of halogens is 4. The van der Waals surface area contributed by atoms with Crippen LogP contribution in [0.2, 0.25) is 0 Å².